The van der Waals surface area contributed by atoms with Crippen LogP contribution in [-0.4, -0.2) is 30.8 Å². The molecule has 3 aromatic heterocycles. The van der Waals surface area contributed by atoms with Gasteiger partial charge in [0, 0.05) is 30.8 Å². The predicted molar refractivity (Wildman–Crippen MR) is 107 cm³/mol. The van der Waals surface area contributed by atoms with Crippen molar-refractivity contribution in [2.75, 3.05) is 10.6 Å². The highest BCUT2D eigenvalue weighted by molar-refractivity contribution is 6.04. The van der Waals surface area contributed by atoms with Crippen LogP contribution < -0.4 is 16.3 Å². The number of hydrogen-bond donors (Lipinski definition) is 3. The van der Waals surface area contributed by atoms with Gasteiger partial charge in [-0.2, -0.15) is 4.98 Å². The molecule has 0 unspecified atom stereocenters. The monoisotopic (exact) mass is 388 g/mol. The first-order chi connectivity index (χ1) is 14.1. The molecule has 3 heterocycles. The van der Waals surface area contributed by atoms with Crippen LogP contribution in [0.5, 0.6) is 0 Å². The van der Waals surface area contributed by atoms with Crippen molar-refractivity contribution in [3.63, 3.8) is 0 Å². The molecule has 0 aliphatic heterocycles. The van der Waals surface area contributed by atoms with Gasteiger partial charge in [0.15, 0.2) is 5.65 Å². The highest BCUT2D eigenvalue weighted by Crippen LogP contribution is 2.18. The second kappa shape index (κ2) is 7.77. The number of fused-ring (bicyclic) bond motifs is 1. The fourth-order valence-electron chi connectivity index (χ4n) is 2.82. The lowest BCUT2D eigenvalue weighted by Crippen LogP contribution is -2.23. The SMILES string of the molecule is O=C(Nc1cccc(CNc2nc(=O)n(O)c3ncccc23)c1)c1cccnc1. The van der Waals surface area contributed by atoms with Crippen molar-refractivity contribution in [2.24, 2.45) is 0 Å². The topological polar surface area (TPSA) is 122 Å². The van der Waals surface area contributed by atoms with Gasteiger partial charge in [-0.15, -0.1) is 4.73 Å². The maximum absolute atomic E-state index is 12.3. The van der Waals surface area contributed by atoms with E-state index in [1.807, 2.05) is 18.2 Å². The van der Waals surface area contributed by atoms with Crippen LogP contribution in [0.2, 0.25) is 0 Å². The molecule has 4 aromatic rings. The Balaban J connectivity index is 1.52. The Kier molecular flexibility index (Phi) is 4.85. The predicted octanol–water partition coefficient (Wildman–Crippen LogP) is 2.29. The Morgan fingerprint density at radius 1 is 1.10 bits per heavy atom. The number of anilines is 2. The lowest BCUT2D eigenvalue weighted by molar-refractivity contribution is 0.102. The first-order valence-electron chi connectivity index (χ1n) is 8.73. The van der Waals surface area contributed by atoms with Crippen molar-refractivity contribution >= 4 is 28.4 Å². The largest absolute Gasteiger partial charge is 0.422 e. The van der Waals surface area contributed by atoms with E-state index in [9.17, 15) is 14.8 Å². The molecule has 0 saturated carbocycles. The number of benzene rings is 1. The number of rotatable bonds is 5. The zero-order valence-electron chi connectivity index (χ0n) is 15.1. The maximum Gasteiger partial charge on any atom is 0.384 e. The van der Waals surface area contributed by atoms with Crippen LogP contribution in [0.25, 0.3) is 11.0 Å². The van der Waals surface area contributed by atoms with Gasteiger partial charge in [0.05, 0.1) is 10.9 Å². The molecule has 0 aliphatic carbocycles. The molecule has 29 heavy (non-hydrogen) atoms. The molecular formula is C20H16N6O3. The Bertz CT molecular complexity index is 1240. The molecule has 9 nitrogen and oxygen atoms in total. The quantitative estimate of drug-likeness (QED) is 0.448. The summed E-state index contributed by atoms with van der Waals surface area (Å²) in [5.41, 5.74) is 1.25. The van der Waals surface area contributed by atoms with Crippen molar-refractivity contribution in [3.05, 3.63) is 88.7 Å². The minimum absolute atomic E-state index is 0.118. The van der Waals surface area contributed by atoms with E-state index < -0.39 is 5.69 Å². The number of hydrogen-bond acceptors (Lipinski definition) is 7. The third-order valence-electron chi connectivity index (χ3n) is 4.20. The van der Waals surface area contributed by atoms with Crippen LogP contribution in [0.15, 0.2) is 71.9 Å². The van der Waals surface area contributed by atoms with Gasteiger partial charge in [0.2, 0.25) is 0 Å². The second-order valence-electron chi connectivity index (χ2n) is 6.18. The zero-order chi connectivity index (χ0) is 20.2. The maximum atomic E-state index is 12.3. The first-order valence-corrected chi connectivity index (χ1v) is 8.73. The van der Waals surface area contributed by atoms with Gasteiger partial charge >= 0.3 is 5.69 Å². The van der Waals surface area contributed by atoms with Gasteiger partial charge < -0.3 is 15.8 Å². The molecule has 4 rings (SSSR count). The highest BCUT2D eigenvalue weighted by atomic mass is 16.5. The van der Waals surface area contributed by atoms with Crippen molar-refractivity contribution in [3.8, 4) is 0 Å². The molecule has 9 heteroatoms. The number of nitrogens with zero attached hydrogens (tertiary/aromatic N) is 4. The van der Waals surface area contributed by atoms with Gasteiger partial charge in [-0.05, 0) is 42.0 Å². The third-order valence-corrected chi connectivity index (χ3v) is 4.20. The fourth-order valence-corrected chi connectivity index (χ4v) is 2.82. The third kappa shape index (κ3) is 3.88. The van der Waals surface area contributed by atoms with E-state index >= 15 is 0 Å². The normalized spacial score (nSPS) is 10.6. The molecule has 0 atom stereocenters. The summed E-state index contributed by atoms with van der Waals surface area (Å²) in [5, 5.41) is 16.2. The average molecular weight is 388 g/mol. The Labute approximate surface area is 164 Å². The minimum atomic E-state index is -0.823. The van der Waals surface area contributed by atoms with E-state index in [0.29, 0.717) is 33.7 Å². The van der Waals surface area contributed by atoms with Crippen molar-refractivity contribution in [1.29, 1.82) is 0 Å². The summed E-state index contributed by atoms with van der Waals surface area (Å²) in [7, 11) is 0. The van der Waals surface area contributed by atoms with E-state index in [4.69, 9.17) is 0 Å². The van der Waals surface area contributed by atoms with Crippen LogP contribution >= 0.6 is 0 Å². The summed E-state index contributed by atoms with van der Waals surface area (Å²) >= 11 is 0. The molecule has 0 aliphatic rings. The van der Waals surface area contributed by atoms with Crippen LogP contribution in [0.3, 0.4) is 0 Å². The van der Waals surface area contributed by atoms with Crippen LogP contribution in [0, 0.1) is 0 Å². The summed E-state index contributed by atoms with van der Waals surface area (Å²) in [6.45, 7) is 0.350. The molecular weight excluding hydrogens is 372 g/mol. The smallest absolute Gasteiger partial charge is 0.384 e. The van der Waals surface area contributed by atoms with E-state index in [0.717, 1.165) is 5.56 Å². The number of aromatic nitrogens is 4. The second-order valence-corrected chi connectivity index (χ2v) is 6.18. The lowest BCUT2D eigenvalue weighted by atomic mass is 10.2. The van der Waals surface area contributed by atoms with Crippen LogP contribution in [-0.2, 0) is 6.54 Å². The standard InChI is InChI=1S/C20H16N6O3/c27-19(14-5-2-8-21-12-14)24-15-6-1-4-13(10-15)11-23-17-16-7-3-9-22-18(16)26(29)20(28)25-17/h1-10,12,29H,11H2,(H,24,27)(H,23,25,28). The molecule has 0 radical (unpaired) electrons. The molecule has 0 spiro atoms. The van der Waals surface area contributed by atoms with Gasteiger partial charge in [-0.25, -0.2) is 9.78 Å². The minimum Gasteiger partial charge on any atom is -0.422 e. The summed E-state index contributed by atoms with van der Waals surface area (Å²) in [6.07, 6.45) is 4.58. The van der Waals surface area contributed by atoms with Crippen molar-refractivity contribution in [2.45, 2.75) is 6.54 Å². The Hall–Kier alpha value is -4.27. The van der Waals surface area contributed by atoms with Gasteiger partial charge in [-0.3, -0.25) is 9.78 Å². The molecule has 0 bridgehead atoms. The number of amides is 1. The first kappa shape index (κ1) is 18.1. The van der Waals surface area contributed by atoms with E-state index in [-0.39, 0.29) is 11.6 Å². The molecule has 0 saturated heterocycles. The van der Waals surface area contributed by atoms with Gasteiger partial charge in [0.25, 0.3) is 5.91 Å². The summed E-state index contributed by atoms with van der Waals surface area (Å²) in [6, 6.07) is 14.1. The van der Waals surface area contributed by atoms with Crippen molar-refractivity contribution < 1.29 is 10.0 Å². The molecule has 0 fully saturated rings. The number of nitrogens with one attached hydrogen (secondary N) is 2. The number of pyridine rings is 2. The van der Waals surface area contributed by atoms with Crippen LogP contribution in [0.4, 0.5) is 11.5 Å². The summed E-state index contributed by atoms with van der Waals surface area (Å²) < 4.78 is 0.412. The summed E-state index contributed by atoms with van der Waals surface area (Å²) in [5.74, 6) is 0.0571. The molecule has 3 N–H and O–H groups in total. The Morgan fingerprint density at radius 2 is 1.97 bits per heavy atom. The fraction of sp³-hybridized carbons (Fsp3) is 0.0500. The van der Waals surface area contributed by atoms with E-state index in [2.05, 4.69) is 25.6 Å². The van der Waals surface area contributed by atoms with Crippen molar-refractivity contribution in [1.82, 2.24) is 19.7 Å². The molecule has 144 valence electrons. The number of carbonyl (C=O) groups excluding carboxylic acids is 1. The lowest BCUT2D eigenvalue weighted by Gasteiger charge is -2.11. The van der Waals surface area contributed by atoms with E-state index in [1.165, 1.54) is 12.4 Å². The average Bonchev–Trinajstić information content (AvgIpc) is 2.76. The Morgan fingerprint density at radius 3 is 2.79 bits per heavy atom. The van der Waals surface area contributed by atoms with Gasteiger partial charge in [-0.1, -0.05) is 12.1 Å². The van der Waals surface area contributed by atoms with E-state index in [1.54, 1.807) is 36.5 Å². The number of carbonyl (C=O) groups is 1. The zero-order valence-corrected chi connectivity index (χ0v) is 15.1. The summed E-state index contributed by atoms with van der Waals surface area (Å²) in [4.78, 5) is 35.9. The van der Waals surface area contributed by atoms with Crippen LogP contribution in [0.1, 0.15) is 15.9 Å². The van der Waals surface area contributed by atoms with Gasteiger partial charge in [0.1, 0.15) is 5.82 Å². The molecule has 1 aromatic carbocycles. The highest BCUT2D eigenvalue weighted by Gasteiger charge is 2.11. The molecule has 1 amide bonds.